The van der Waals surface area contributed by atoms with Crippen LogP contribution in [0.4, 0.5) is 0 Å². The molecule has 2 aliphatic heterocycles. The fraction of sp³-hybridized carbons (Fsp3) is 0.348. The fourth-order valence-electron chi connectivity index (χ4n) is 4.99. The molecule has 2 atom stereocenters. The topological polar surface area (TPSA) is 21.1 Å². The van der Waals surface area contributed by atoms with Gasteiger partial charge in [0.2, 0.25) is 0 Å². The first-order valence-corrected chi connectivity index (χ1v) is 9.57. The number of allylic oxidation sites excluding steroid dienone is 1. The van der Waals surface area contributed by atoms with Crippen LogP contribution in [0.1, 0.15) is 54.1 Å². The Labute approximate surface area is 155 Å². The van der Waals surface area contributed by atoms with Gasteiger partial charge in [0.05, 0.1) is 11.6 Å². The van der Waals surface area contributed by atoms with Gasteiger partial charge in [-0.15, -0.1) is 0 Å². The van der Waals surface area contributed by atoms with E-state index in [1.165, 1.54) is 52.7 Å². The zero-order valence-electron chi connectivity index (χ0n) is 15.7. The minimum Gasteiger partial charge on any atom is -0.318 e. The van der Waals surface area contributed by atoms with Gasteiger partial charge in [-0.3, -0.25) is 9.88 Å². The second-order valence-electron chi connectivity index (χ2n) is 7.97. The van der Waals surface area contributed by atoms with E-state index >= 15 is 0 Å². The molecule has 0 amide bonds. The third kappa shape index (κ3) is 2.27. The summed E-state index contributed by atoms with van der Waals surface area (Å²) in [7, 11) is 2.28. The number of aryl methyl sites for hydroxylation is 1. The highest BCUT2D eigenvalue weighted by Crippen LogP contribution is 2.50. The van der Waals surface area contributed by atoms with Gasteiger partial charge >= 0.3 is 0 Å². The van der Waals surface area contributed by atoms with E-state index in [2.05, 4.69) is 71.9 Å². The molecule has 0 radical (unpaired) electrons. The number of likely N-dealkylation sites (N-methyl/N-ethyl adjacent to an activating group) is 1. The standard InChI is InChI=1S/C23H25N3/c1-15-4-6-20-19(12-15)22-18-5-7-21(25(3)14-18)23(22)26(20)13-16(2)17-8-10-24-11-9-17/h4,6,8-13,18,21H,5,7,14H2,1-3H3. The summed E-state index contributed by atoms with van der Waals surface area (Å²) in [5, 5.41) is 1.46. The minimum atomic E-state index is 0.532. The van der Waals surface area contributed by atoms with E-state index in [4.69, 9.17) is 0 Å². The van der Waals surface area contributed by atoms with Gasteiger partial charge in [0.15, 0.2) is 0 Å². The molecule has 2 aromatic heterocycles. The van der Waals surface area contributed by atoms with E-state index in [-0.39, 0.29) is 0 Å². The number of rotatable bonds is 2. The van der Waals surface area contributed by atoms with Gasteiger partial charge in [0, 0.05) is 36.2 Å². The Bertz CT molecular complexity index is 1010. The van der Waals surface area contributed by atoms with E-state index in [0.29, 0.717) is 12.0 Å². The van der Waals surface area contributed by atoms with Gasteiger partial charge in [-0.05, 0) is 80.6 Å². The molecule has 6 rings (SSSR count). The lowest BCUT2D eigenvalue weighted by Crippen LogP contribution is -2.40. The molecule has 1 fully saturated rings. The second-order valence-corrected chi connectivity index (χ2v) is 7.97. The number of fused-ring (bicyclic) bond motifs is 3. The van der Waals surface area contributed by atoms with Crippen LogP contribution in [0.3, 0.4) is 0 Å². The van der Waals surface area contributed by atoms with Crippen LogP contribution in [-0.4, -0.2) is 28.0 Å². The van der Waals surface area contributed by atoms with E-state index in [9.17, 15) is 0 Å². The molecule has 1 aliphatic carbocycles. The Morgan fingerprint density at radius 2 is 1.96 bits per heavy atom. The Kier molecular flexibility index (Phi) is 3.54. The second kappa shape index (κ2) is 5.82. The molecule has 3 aliphatic rings. The van der Waals surface area contributed by atoms with Gasteiger partial charge in [0.1, 0.15) is 0 Å². The van der Waals surface area contributed by atoms with Crippen LogP contribution in [0, 0.1) is 6.92 Å². The molecule has 26 heavy (non-hydrogen) atoms. The maximum Gasteiger partial charge on any atom is 0.0529 e. The van der Waals surface area contributed by atoms with E-state index in [1.54, 1.807) is 5.56 Å². The highest BCUT2D eigenvalue weighted by molar-refractivity contribution is 5.91. The Morgan fingerprint density at radius 1 is 1.15 bits per heavy atom. The molecule has 1 saturated heterocycles. The maximum atomic E-state index is 4.16. The van der Waals surface area contributed by atoms with Crippen LogP contribution >= 0.6 is 0 Å². The zero-order chi connectivity index (χ0) is 17.8. The van der Waals surface area contributed by atoms with Gasteiger partial charge in [-0.25, -0.2) is 0 Å². The SMILES string of the molecule is CC(=Cn1c2c(c3cc(C)ccc31)C1CCC2N(C)C1)c1ccncc1. The average Bonchev–Trinajstić information content (AvgIpc) is 2.98. The number of pyridine rings is 1. The van der Waals surface area contributed by atoms with Gasteiger partial charge in [0.25, 0.3) is 0 Å². The molecule has 1 aromatic carbocycles. The van der Waals surface area contributed by atoms with Crippen molar-refractivity contribution in [2.75, 3.05) is 13.6 Å². The molecule has 4 heterocycles. The largest absolute Gasteiger partial charge is 0.318 e. The Balaban J connectivity index is 1.78. The van der Waals surface area contributed by atoms with Gasteiger partial charge < -0.3 is 4.57 Å². The highest BCUT2D eigenvalue weighted by Gasteiger charge is 2.40. The number of benzene rings is 1. The van der Waals surface area contributed by atoms with Crippen LogP contribution in [0.25, 0.3) is 22.7 Å². The Morgan fingerprint density at radius 3 is 2.73 bits per heavy atom. The van der Waals surface area contributed by atoms with Crippen molar-refractivity contribution >= 4 is 22.7 Å². The third-order valence-corrected chi connectivity index (χ3v) is 6.25. The van der Waals surface area contributed by atoms with E-state index in [0.717, 1.165) is 0 Å². The van der Waals surface area contributed by atoms with Crippen LogP contribution < -0.4 is 0 Å². The molecule has 2 bridgehead atoms. The van der Waals surface area contributed by atoms with Crippen molar-refractivity contribution in [1.82, 2.24) is 14.5 Å². The molecule has 3 nitrogen and oxygen atoms in total. The predicted molar refractivity (Wildman–Crippen MR) is 108 cm³/mol. The smallest absolute Gasteiger partial charge is 0.0529 e. The van der Waals surface area contributed by atoms with Crippen LogP contribution in [0.5, 0.6) is 0 Å². The van der Waals surface area contributed by atoms with Crippen molar-refractivity contribution in [2.45, 2.75) is 38.6 Å². The summed E-state index contributed by atoms with van der Waals surface area (Å²) in [6.45, 7) is 5.60. The molecule has 0 spiro atoms. The summed E-state index contributed by atoms with van der Waals surface area (Å²) in [5.74, 6) is 0.667. The van der Waals surface area contributed by atoms with Gasteiger partial charge in [-0.1, -0.05) is 11.6 Å². The number of piperidine rings is 1. The number of nitrogens with zero attached hydrogens (tertiary/aromatic N) is 3. The molecule has 3 heteroatoms. The van der Waals surface area contributed by atoms with Crippen molar-refractivity contribution in [2.24, 2.45) is 0 Å². The maximum absolute atomic E-state index is 4.16. The van der Waals surface area contributed by atoms with Gasteiger partial charge in [-0.2, -0.15) is 0 Å². The monoisotopic (exact) mass is 343 g/mol. The molecule has 132 valence electrons. The van der Waals surface area contributed by atoms with Crippen molar-refractivity contribution in [3.63, 3.8) is 0 Å². The van der Waals surface area contributed by atoms with E-state index < -0.39 is 0 Å². The predicted octanol–water partition coefficient (Wildman–Crippen LogP) is 5.23. The summed E-state index contributed by atoms with van der Waals surface area (Å²) in [4.78, 5) is 6.70. The van der Waals surface area contributed by atoms with Crippen molar-refractivity contribution < 1.29 is 0 Å². The van der Waals surface area contributed by atoms with Crippen LogP contribution in [-0.2, 0) is 0 Å². The first-order valence-electron chi connectivity index (χ1n) is 9.57. The van der Waals surface area contributed by atoms with Crippen LogP contribution in [0.15, 0.2) is 42.7 Å². The number of aromatic nitrogens is 2. The zero-order valence-corrected chi connectivity index (χ0v) is 15.7. The lowest BCUT2D eigenvalue weighted by atomic mass is 9.77. The summed E-state index contributed by atoms with van der Waals surface area (Å²) in [6.07, 6.45) is 8.66. The molecule has 0 saturated carbocycles. The van der Waals surface area contributed by atoms with E-state index in [1.807, 2.05) is 12.4 Å². The molecular formula is C23H25N3. The Hall–Kier alpha value is -2.39. The number of hydrogen-bond donors (Lipinski definition) is 0. The lowest BCUT2D eigenvalue weighted by Gasteiger charge is -2.44. The summed E-state index contributed by atoms with van der Waals surface area (Å²) in [6, 6.07) is 11.6. The highest BCUT2D eigenvalue weighted by atomic mass is 15.2. The molecular weight excluding hydrogens is 318 g/mol. The molecule has 2 unspecified atom stereocenters. The fourth-order valence-corrected chi connectivity index (χ4v) is 4.99. The first kappa shape index (κ1) is 15.8. The van der Waals surface area contributed by atoms with Crippen molar-refractivity contribution in [3.05, 3.63) is 65.1 Å². The molecule has 0 N–H and O–H groups in total. The van der Waals surface area contributed by atoms with Crippen molar-refractivity contribution in [3.8, 4) is 0 Å². The number of hydrogen-bond acceptors (Lipinski definition) is 2. The normalized spacial score (nSPS) is 22.8. The summed E-state index contributed by atoms with van der Waals surface area (Å²) in [5.41, 5.74) is 8.33. The van der Waals surface area contributed by atoms with Crippen LogP contribution in [0.2, 0.25) is 0 Å². The third-order valence-electron chi connectivity index (χ3n) is 6.25. The minimum absolute atomic E-state index is 0.532. The molecule has 3 aromatic rings. The first-order chi connectivity index (χ1) is 12.6. The van der Waals surface area contributed by atoms with Crippen molar-refractivity contribution in [1.29, 1.82) is 0 Å². The lowest BCUT2D eigenvalue weighted by molar-refractivity contribution is 0.142. The quantitative estimate of drug-likeness (QED) is 0.635. The average molecular weight is 343 g/mol. The summed E-state index contributed by atoms with van der Waals surface area (Å²) >= 11 is 0. The summed E-state index contributed by atoms with van der Waals surface area (Å²) < 4.78 is 2.48.